The molecule has 0 aliphatic heterocycles. The van der Waals surface area contributed by atoms with E-state index in [-0.39, 0.29) is 5.69 Å². The van der Waals surface area contributed by atoms with E-state index in [0.717, 1.165) is 5.56 Å². The highest BCUT2D eigenvalue weighted by molar-refractivity contribution is 5.88. The summed E-state index contributed by atoms with van der Waals surface area (Å²) >= 11 is 0. The summed E-state index contributed by atoms with van der Waals surface area (Å²) in [6, 6.07) is 12.0. The Morgan fingerprint density at radius 2 is 1.63 bits per heavy atom. The molecule has 0 aliphatic carbocycles. The molecule has 0 saturated carbocycles. The number of aromatic nitrogens is 1. The van der Waals surface area contributed by atoms with Gasteiger partial charge in [-0.15, -0.1) is 0 Å². The summed E-state index contributed by atoms with van der Waals surface area (Å²) in [7, 11) is 4.68. The van der Waals surface area contributed by atoms with Crippen LogP contribution >= 0.6 is 0 Å². The van der Waals surface area contributed by atoms with E-state index >= 15 is 0 Å². The van der Waals surface area contributed by atoms with Gasteiger partial charge in [-0.05, 0) is 24.3 Å². The maximum absolute atomic E-state index is 11.2. The molecule has 2 aromatic carbocycles. The molecule has 0 amide bonds. The Morgan fingerprint density at radius 3 is 2.30 bits per heavy atom. The first kappa shape index (κ1) is 18.2. The van der Waals surface area contributed by atoms with Crippen molar-refractivity contribution in [2.75, 3.05) is 21.3 Å². The van der Waals surface area contributed by atoms with E-state index in [0.29, 0.717) is 33.8 Å². The molecule has 0 fully saturated rings. The number of nitro groups is 1. The first-order chi connectivity index (χ1) is 13.1. The second kappa shape index (κ2) is 7.74. The fourth-order valence-corrected chi connectivity index (χ4v) is 2.74. The number of fused-ring (bicyclic) bond motifs is 1. The van der Waals surface area contributed by atoms with Gasteiger partial charge in [0.05, 0.1) is 31.9 Å². The van der Waals surface area contributed by atoms with Gasteiger partial charge in [0.2, 0.25) is 0 Å². The van der Waals surface area contributed by atoms with Gasteiger partial charge in [0.25, 0.3) is 5.69 Å². The van der Waals surface area contributed by atoms with Gasteiger partial charge in [-0.1, -0.05) is 18.2 Å². The van der Waals surface area contributed by atoms with E-state index in [1.165, 1.54) is 6.07 Å². The van der Waals surface area contributed by atoms with Crippen LogP contribution in [0.25, 0.3) is 23.1 Å². The molecule has 138 valence electrons. The van der Waals surface area contributed by atoms with Crippen LogP contribution in [0.15, 0.2) is 42.5 Å². The van der Waals surface area contributed by atoms with Crippen LogP contribution in [-0.2, 0) is 0 Å². The summed E-state index contributed by atoms with van der Waals surface area (Å²) in [5.74, 6) is 1.74. The van der Waals surface area contributed by atoms with Crippen molar-refractivity contribution in [3.8, 4) is 17.2 Å². The molecule has 0 spiro atoms. The number of methoxy groups -OCH3 is 3. The van der Waals surface area contributed by atoms with Gasteiger partial charge in [-0.3, -0.25) is 10.1 Å². The summed E-state index contributed by atoms with van der Waals surface area (Å²) < 4.78 is 16.0. The average Bonchev–Trinajstić information content (AvgIpc) is 2.70. The lowest BCUT2D eigenvalue weighted by atomic mass is 10.1. The van der Waals surface area contributed by atoms with Crippen LogP contribution in [0.4, 0.5) is 5.69 Å². The molecule has 0 bridgehead atoms. The van der Waals surface area contributed by atoms with Gasteiger partial charge >= 0.3 is 0 Å². The van der Waals surface area contributed by atoms with Crippen molar-refractivity contribution in [2.45, 2.75) is 0 Å². The lowest BCUT2D eigenvalue weighted by Gasteiger charge is -2.12. The number of nitro benzene ring substituents is 1. The topological polar surface area (TPSA) is 83.7 Å². The minimum atomic E-state index is -0.430. The number of para-hydroxylation sites is 1. The first-order valence-corrected chi connectivity index (χ1v) is 8.09. The standard InChI is InChI=1S/C20H18N2O5/c1-25-17-12-19(27-3)18(26-2)11-14(17)8-10-15-9-7-13-5-4-6-16(22(23)24)20(13)21-15/h4-12H,1-3H3. The number of hydrogen-bond donors (Lipinski definition) is 0. The SMILES string of the molecule is COc1cc(OC)c(OC)cc1C=Cc1ccc2cccc([N+](=O)[O-])c2n1. The summed E-state index contributed by atoms with van der Waals surface area (Å²) in [6.07, 6.45) is 3.57. The zero-order valence-electron chi connectivity index (χ0n) is 15.1. The number of ether oxygens (including phenoxy) is 3. The highest BCUT2D eigenvalue weighted by Crippen LogP contribution is 2.35. The fourth-order valence-electron chi connectivity index (χ4n) is 2.74. The number of non-ortho nitro benzene ring substituents is 1. The van der Waals surface area contributed by atoms with Crippen molar-refractivity contribution in [2.24, 2.45) is 0 Å². The molecule has 3 aromatic rings. The maximum Gasteiger partial charge on any atom is 0.295 e. The summed E-state index contributed by atoms with van der Waals surface area (Å²) in [6.45, 7) is 0. The number of rotatable bonds is 6. The lowest BCUT2D eigenvalue weighted by molar-refractivity contribution is -0.383. The van der Waals surface area contributed by atoms with E-state index in [9.17, 15) is 10.1 Å². The van der Waals surface area contributed by atoms with Crippen molar-refractivity contribution in [1.29, 1.82) is 0 Å². The van der Waals surface area contributed by atoms with Gasteiger partial charge in [-0.25, -0.2) is 4.98 Å². The van der Waals surface area contributed by atoms with Crippen molar-refractivity contribution in [3.05, 3.63) is 63.8 Å². The minimum absolute atomic E-state index is 0.0218. The lowest BCUT2D eigenvalue weighted by Crippen LogP contribution is -1.94. The predicted octanol–water partition coefficient (Wildman–Crippen LogP) is 4.34. The maximum atomic E-state index is 11.2. The quantitative estimate of drug-likeness (QED) is 0.477. The Kier molecular flexibility index (Phi) is 5.21. The van der Waals surface area contributed by atoms with E-state index in [1.54, 1.807) is 63.8 Å². The first-order valence-electron chi connectivity index (χ1n) is 8.09. The smallest absolute Gasteiger partial charge is 0.295 e. The second-order valence-corrected chi connectivity index (χ2v) is 5.62. The van der Waals surface area contributed by atoms with Crippen LogP contribution in [0.3, 0.4) is 0 Å². The van der Waals surface area contributed by atoms with Crippen LogP contribution in [0, 0.1) is 10.1 Å². The molecule has 7 heteroatoms. The van der Waals surface area contributed by atoms with E-state index < -0.39 is 4.92 Å². The Labute approximate surface area is 156 Å². The van der Waals surface area contributed by atoms with Gasteiger partial charge < -0.3 is 14.2 Å². The second-order valence-electron chi connectivity index (χ2n) is 5.62. The van der Waals surface area contributed by atoms with E-state index in [1.807, 2.05) is 6.08 Å². The van der Waals surface area contributed by atoms with Crippen molar-refractivity contribution in [3.63, 3.8) is 0 Å². The fraction of sp³-hybridized carbons (Fsp3) is 0.150. The summed E-state index contributed by atoms with van der Waals surface area (Å²) in [5.41, 5.74) is 1.68. The zero-order valence-corrected chi connectivity index (χ0v) is 15.1. The molecular formula is C20H18N2O5. The summed E-state index contributed by atoms with van der Waals surface area (Å²) in [4.78, 5) is 15.2. The zero-order chi connectivity index (χ0) is 19.4. The Bertz CT molecular complexity index is 1030. The van der Waals surface area contributed by atoms with Crippen molar-refractivity contribution in [1.82, 2.24) is 4.98 Å². The minimum Gasteiger partial charge on any atom is -0.496 e. The van der Waals surface area contributed by atoms with Crippen LogP contribution in [-0.4, -0.2) is 31.2 Å². The molecule has 27 heavy (non-hydrogen) atoms. The third-order valence-electron chi connectivity index (χ3n) is 4.09. The molecule has 0 saturated heterocycles. The molecule has 1 aromatic heterocycles. The molecular weight excluding hydrogens is 348 g/mol. The van der Waals surface area contributed by atoms with Crippen LogP contribution in [0.5, 0.6) is 17.2 Å². The van der Waals surface area contributed by atoms with Gasteiger partial charge in [-0.2, -0.15) is 0 Å². The Hall–Kier alpha value is -3.61. The number of benzene rings is 2. The molecule has 0 radical (unpaired) electrons. The molecule has 3 rings (SSSR count). The molecule has 0 unspecified atom stereocenters. The highest BCUT2D eigenvalue weighted by Gasteiger charge is 2.13. The third kappa shape index (κ3) is 3.67. The van der Waals surface area contributed by atoms with E-state index in [2.05, 4.69) is 4.98 Å². The van der Waals surface area contributed by atoms with Gasteiger partial charge in [0.1, 0.15) is 11.3 Å². The largest absolute Gasteiger partial charge is 0.496 e. The number of nitrogens with zero attached hydrogens (tertiary/aromatic N) is 2. The third-order valence-corrected chi connectivity index (χ3v) is 4.09. The molecule has 7 nitrogen and oxygen atoms in total. The molecule has 0 aliphatic rings. The Morgan fingerprint density at radius 1 is 0.926 bits per heavy atom. The van der Waals surface area contributed by atoms with Crippen molar-refractivity contribution < 1.29 is 19.1 Å². The van der Waals surface area contributed by atoms with Crippen LogP contribution in [0.1, 0.15) is 11.3 Å². The predicted molar refractivity (Wildman–Crippen MR) is 103 cm³/mol. The van der Waals surface area contributed by atoms with E-state index in [4.69, 9.17) is 14.2 Å². The molecule has 0 N–H and O–H groups in total. The molecule has 1 heterocycles. The van der Waals surface area contributed by atoms with Crippen molar-refractivity contribution >= 4 is 28.7 Å². The van der Waals surface area contributed by atoms with Crippen LogP contribution in [0.2, 0.25) is 0 Å². The van der Waals surface area contributed by atoms with Gasteiger partial charge in [0.15, 0.2) is 11.5 Å². The number of pyridine rings is 1. The number of hydrogen-bond acceptors (Lipinski definition) is 6. The summed E-state index contributed by atoms with van der Waals surface area (Å²) in [5, 5.41) is 11.9. The normalized spacial score (nSPS) is 10.9. The van der Waals surface area contributed by atoms with Crippen LogP contribution < -0.4 is 14.2 Å². The highest BCUT2D eigenvalue weighted by atomic mass is 16.6. The Balaban J connectivity index is 2.03. The molecule has 0 atom stereocenters. The average molecular weight is 366 g/mol. The van der Waals surface area contributed by atoms with Gasteiger partial charge in [0, 0.05) is 23.1 Å². The monoisotopic (exact) mass is 366 g/mol.